The third kappa shape index (κ3) is 2.35. The van der Waals surface area contributed by atoms with Crippen molar-refractivity contribution in [2.24, 2.45) is 5.41 Å². The first-order chi connectivity index (χ1) is 8.45. The van der Waals surface area contributed by atoms with Gasteiger partial charge in [0.05, 0.1) is 6.10 Å². The second kappa shape index (κ2) is 4.86. The van der Waals surface area contributed by atoms with E-state index in [0.717, 1.165) is 6.42 Å². The van der Waals surface area contributed by atoms with Gasteiger partial charge in [0.15, 0.2) is 0 Å². The van der Waals surface area contributed by atoms with Crippen molar-refractivity contribution in [3.05, 3.63) is 29.6 Å². The molecule has 0 radical (unpaired) electrons. The van der Waals surface area contributed by atoms with Crippen LogP contribution < -0.4 is 11.1 Å². The highest BCUT2D eigenvalue weighted by Gasteiger charge is 2.48. The standard InChI is InChI=1S/C14H21FN2O/c1-14(2)12(7-13(14)18-3)17-8-9-4-5-10(16)6-11(9)15/h4-6,12-13,17H,7-8,16H2,1-3H3. The van der Waals surface area contributed by atoms with Crippen molar-refractivity contribution in [3.8, 4) is 0 Å². The molecular formula is C14H21FN2O. The first-order valence-electron chi connectivity index (χ1n) is 6.25. The number of methoxy groups -OCH3 is 1. The largest absolute Gasteiger partial charge is 0.399 e. The van der Waals surface area contributed by atoms with E-state index in [-0.39, 0.29) is 17.3 Å². The molecule has 2 rings (SSSR count). The zero-order valence-electron chi connectivity index (χ0n) is 11.2. The molecule has 1 aromatic rings. The van der Waals surface area contributed by atoms with Crippen LogP contribution in [0.2, 0.25) is 0 Å². The van der Waals surface area contributed by atoms with Crippen LogP contribution >= 0.6 is 0 Å². The summed E-state index contributed by atoms with van der Waals surface area (Å²) in [6, 6.07) is 5.18. The molecule has 1 aliphatic rings. The monoisotopic (exact) mass is 252 g/mol. The Labute approximate surface area is 108 Å². The fourth-order valence-electron chi connectivity index (χ4n) is 2.57. The summed E-state index contributed by atoms with van der Waals surface area (Å²) in [7, 11) is 1.74. The molecule has 18 heavy (non-hydrogen) atoms. The highest BCUT2D eigenvalue weighted by molar-refractivity contribution is 5.40. The molecule has 0 heterocycles. The number of halogens is 1. The van der Waals surface area contributed by atoms with Crippen LogP contribution in [-0.2, 0) is 11.3 Å². The van der Waals surface area contributed by atoms with Gasteiger partial charge in [0, 0.05) is 36.4 Å². The van der Waals surface area contributed by atoms with Crippen molar-refractivity contribution in [2.45, 2.75) is 39.0 Å². The molecular weight excluding hydrogens is 231 g/mol. The van der Waals surface area contributed by atoms with Crippen LogP contribution in [-0.4, -0.2) is 19.3 Å². The van der Waals surface area contributed by atoms with Crippen LogP contribution in [0.1, 0.15) is 25.8 Å². The van der Waals surface area contributed by atoms with Crippen molar-refractivity contribution in [3.63, 3.8) is 0 Å². The number of anilines is 1. The Morgan fingerprint density at radius 1 is 1.50 bits per heavy atom. The molecule has 0 aromatic heterocycles. The van der Waals surface area contributed by atoms with Gasteiger partial charge in [-0.1, -0.05) is 19.9 Å². The Kier molecular flexibility index (Phi) is 3.59. The van der Waals surface area contributed by atoms with E-state index in [1.807, 2.05) is 0 Å². The van der Waals surface area contributed by atoms with Crippen LogP contribution in [0.25, 0.3) is 0 Å². The van der Waals surface area contributed by atoms with E-state index in [4.69, 9.17) is 10.5 Å². The van der Waals surface area contributed by atoms with Crippen molar-refractivity contribution < 1.29 is 9.13 Å². The topological polar surface area (TPSA) is 47.3 Å². The molecule has 3 nitrogen and oxygen atoms in total. The third-order valence-electron chi connectivity index (χ3n) is 4.08. The molecule has 1 fully saturated rings. The van der Waals surface area contributed by atoms with E-state index >= 15 is 0 Å². The summed E-state index contributed by atoms with van der Waals surface area (Å²) in [5.41, 5.74) is 6.73. The molecule has 0 spiro atoms. The Balaban J connectivity index is 1.93. The Morgan fingerprint density at radius 2 is 2.22 bits per heavy atom. The van der Waals surface area contributed by atoms with Gasteiger partial charge in [0.25, 0.3) is 0 Å². The first-order valence-corrected chi connectivity index (χ1v) is 6.25. The number of hydrogen-bond donors (Lipinski definition) is 2. The zero-order chi connectivity index (χ0) is 13.3. The van der Waals surface area contributed by atoms with Gasteiger partial charge < -0.3 is 15.8 Å². The molecule has 1 saturated carbocycles. The second-order valence-corrected chi connectivity index (χ2v) is 5.57. The quantitative estimate of drug-likeness (QED) is 0.808. The molecule has 3 N–H and O–H groups in total. The average molecular weight is 252 g/mol. The van der Waals surface area contributed by atoms with Gasteiger partial charge >= 0.3 is 0 Å². The lowest BCUT2D eigenvalue weighted by molar-refractivity contribution is -0.0979. The van der Waals surface area contributed by atoms with Crippen LogP contribution in [0.4, 0.5) is 10.1 Å². The molecule has 4 heteroatoms. The molecule has 0 aliphatic heterocycles. The summed E-state index contributed by atoms with van der Waals surface area (Å²) in [6.45, 7) is 4.86. The lowest BCUT2D eigenvalue weighted by Crippen LogP contribution is -2.60. The van der Waals surface area contributed by atoms with Gasteiger partial charge in [-0.25, -0.2) is 4.39 Å². The maximum atomic E-state index is 13.6. The number of ether oxygens (including phenoxy) is 1. The smallest absolute Gasteiger partial charge is 0.129 e. The second-order valence-electron chi connectivity index (χ2n) is 5.57. The van der Waals surface area contributed by atoms with Gasteiger partial charge in [-0.3, -0.25) is 0 Å². The van der Waals surface area contributed by atoms with E-state index in [0.29, 0.717) is 23.8 Å². The fourth-order valence-corrected chi connectivity index (χ4v) is 2.57. The number of nitrogen functional groups attached to an aromatic ring is 1. The van der Waals surface area contributed by atoms with Gasteiger partial charge in [0.1, 0.15) is 5.82 Å². The number of nitrogens with one attached hydrogen (secondary N) is 1. The highest BCUT2D eigenvalue weighted by atomic mass is 19.1. The molecule has 0 amide bonds. The summed E-state index contributed by atoms with van der Waals surface area (Å²) in [5.74, 6) is -0.247. The maximum absolute atomic E-state index is 13.6. The summed E-state index contributed by atoms with van der Waals surface area (Å²) in [6.07, 6.45) is 1.26. The predicted molar refractivity (Wildman–Crippen MR) is 70.6 cm³/mol. The minimum Gasteiger partial charge on any atom is -0.399 e. The maximum Gasteiger partial charge on any atom is 0.129 e. The molecule has 1 aliphatic carbocycles. The van der Waals surface area contributed by atoms with Crippen molar-refractivity contribution >= 4 is 5.69 Å². The van der Waals surface area contributed by atoms with Crippen LogP contribution in [0.15, 0.2) is 18.2 Å². The molecule has 100 valence electrons. The van der Waals surface area contributed by atoms with Crippen LogP contribution in [0, 0.1) is 11.2 Å². The van der Waals surface area contributed by atoms with E-state index in [1.165, 1.54) is 6.07 Å². The fraction of sp³-hybridized carbons (Fsp3) is 0.571. The predicted octanol–water partition coefficient (Wildman–Crippen LogP) is 2.31. The highest BCUT2D eigenvalue weighted by Crippen LogP contribution is 2.42. The zero-order valence-corrected chi connectivity index (χ0v) is 11.2. The average Bonchev–Trinajstić information content (AvgIpc) is 2.30. The SMILES string of the molecule is COC1CC(NCc2ccc(N)cc2F)C1(C)C. The van der Waals surface area contributed by atoms with Crippen molar-refractivity contribution in [1.82, 2.24) is 5.32 Å². The van der Waals surface area contributed by atoms with Crippen molar-refractivity contribution in [1.29, 1.82) is 0 Å². The molecule has 1 aromatic carbocycles. The normalized spacial score (nSPS) is 25.8. The van der Waals surface area contributed by atoms with E-state index in [9.17, 15) is 4.39 Å². The lowest BCUT2D eigenvalue weighted by Gasteiger charge is -2.51. The third-order valence-corrected chi connectivity index (χ3v) is 4.08. The minimum absolute atomic E-state index is 0.0963. The van der Waals surface area contributed by atoms with Crippen molar-refractivity contribution in [2.75, 3.05) is 12.8 Å². The van der Waals surface area contributed by atoms with Crippen LogP contribution in [0.5, 0.6) is 0 Å². The minimum atomic E-state index is -0.247. The number of hydrogen-bond acceptors (Lipinski definition) is 3. The summed E-state index contributed by atoms with van der Waals surface area (Å²) in [5, 5.41) is 3.39. The van der Waals surface area contributed by atoms with E-state index in [2.05, 4.69) is 19.2 Å². The Morgan fingerprint density at radius 3 is 2.78 bits per heavy atom. The lowest BCUT2D eigenvalue weighted by atomic mass is 9.64. The molecule has 2 atom stereocenters. The number of nitrogens with two attached hydrogens (primary N) is 1. The van der Waals surface area contributed by atoms with Crippen LogP contribution in [0.3, 0.4) is 0 Å². The van der Waals surface area contributed by atoms with E-state index in [1.54, 1.807) is 19.2 Å². The Hall–Kier alpha value is -1.13. The van der Waals surface area contributed by atoms with Gasteiger partial charge in [-0.05, 0) is 18.6 Å². The number of rotatable bonds is 4. The molecule has 0 saturated heterocycles. The summed E-state index contributed by atoms with van der Waals surface area (Å²) >= 11 is 0. The Bertz CT molecular complexity index is 434. The van der Waals surface area contributed by atoms with E-state index < -0.39 is 0 Å². The number of benzene rings is 1. The first kappa shape index (κ1) is 13.3. The summed E-state index contributed by atoms with van der Waals surface area (Å²) in [4.78, 5) is 0. The van der Waals surface area contributed by atoms with Gasteiger partial charge in [0.2, 0.25) is 0 Å². The van der Waals surface area contributed by atoms with Gasteiger partial charge in [-0.2, -0.15) is 0 Å². The molecule has 2 unspecified atom stereocenters. The summed E-state index contributed by atoms with van der Waals surface area (Å²) < 4.78 is 19.0. The molecule has 0 bridgehead atoms. The van der Waals surface area contributed by atoms with Gasteiger partial charge in [-0.15, -0.1) is 0 Å².